The molecule has 2 aromatic heterocycles. The highest BCUT2D eigenvalue weighted by Crippen LogP contribution is 2.18. The average molecular weight is 288 g/mol. The fourth-order valence-corrected chi connectivity index (χ4v) is 2.81. The number of ether oxygens (including phenoxy) is 1. The van der Waals surface area contributed by atoms with Crippen molar-refractivity contribution in [3.8, 4) is 0 Å². The molecule has 1 saturated heterocycles. The number of fused-ring (bicyclic) bond motifs is 1. The van der Waals surface area contributed by atoms with Crippen LogP contribution in [0.25, 0.3) is 11.0 Å². The van der Waals surface area contributed by atoms with Gasteiger partial charge < -0.3 is 10.1 Å². The number of pyridine rings is 1. The third-order valence-corrected chi connectivity index (χ3v) is 4.01. The van der Waals surface area contributed by atoms with Crippen molar-refractivity contribution in [1.82, 2.24) is 20.1 Å². The Morgan fingerprint density at radius 3 is 3.10 bits per heavy atom. The van der Waals surface area contributed by atoms with Gasteiger partial charge in [-0.15, -0.1) is 0 Å². The number of aryl methyl sites for hydroxylation is 2. The first kappa shape index (κ1) is 14.0. The first-order valence-electron chi connectivity index (χ1n) is 7.28. The van der Waals surface area contributed by atoms with E-state index in [2.05, 4.69) is 15.4 Å². The monoisotopic (exact) mass is 288 g/mol. The van der Waals surface area contributed by atoms with Gasteiger partial charge in [0.15, 0.2) is 5.65 Å². The molecule has 2 aromatic rings. The molecule has 3 rings (SSSR count). The Balaban J connectivity index is 1.79. The maximum atomic E-state index is 12.3. The lowest BCUT2D eigenvalue weighted by Crippen LogP contribution is -2.40. The predicted molar refractivity (Wildman–Crippen MR) is 79.1 cm³/mol. The number of hydrogen-bond donors (Lipinski definition) is 1. The number of hydrogen-bond acceptors (Lipinski definition) is 4. The van der Waals surface area contributed by atoms with Crippen LogP contribution in [0.4, 0.5) is 0 Å². The molecule has 1 aliphatic heterocycles. The van der Waals surface area contributed by atoms with Gasteiger partial charge in [-0.2, -0.15) is 5.10 Å². The number of aromatic nitrogens is 3. The minimum absolute atomic E-state index is 0.00527. The summed E-state index contributed by atoms with van der Waals surface area (Å²) in [7, 11) is 1.85. The summed E-state index contributed by atoms with van der Waals surface area (Å²) >= 11 is 0. The van der Waals surface area contributed by atoms with E-state index in [1.807, 2.05) is 27.0 Å². The average Bonchev–Trinajstić information content (AvgIpc) is 3.08. The zero-order valence-corrected chi connectivity index (χ0v) is 12.6. The smallest absolute Gasteiger partial charge is 0.253 e. The van der Waals surface area contributed by atoms with E-state index in [0.29, 0.717) is 5.56 Å². The van der Waals surface area contributed by atoms with Crippen LogP contribution in [0.2, 0.25) is 0 Å². The molecule has 6 nitrogen and oxygen atoms in total. The van der Waals surface area contributed by atoms with Crippen molar-refractivity contribution in [1.29, 1.82) is 0 Å². The summed E-state index contributed by atoms with van der Waals surface area (Å²) in [6.45, 7) is 4.68. The number of nitrogens with one attached hydrogen (secondary N) is 1. The van der Waals surface area contributed by atoms with Crippen LogP contribution in [-0.4, -0.2) is 39.4 Å². The standard InChI is InChI=1S/C15H20N4O2/c1-9-12-7-11(8-16-14(12)19(3)18-9)15(20)17-10(2)13-5-4-6-21-13/h7-8,10,13H,4-6H2,1-3H3,(H,17,20)/t10-,13+/m0/s1. The Morgan fingerprint density at radius 2 is 2.38 bits per heavy atom. The fourth-order valence-electron chi connectivity index (χ4n) is 2.81. The molecule has 0 saturated carbocycles. The third kappa shape index (κ3) is 2.63. The summed E-state index contributed by atoms with van der Waals surface area (Å²) in [5.74, 6) is -0.115. The molecule has 1 aliphatic rings. The predicted octanol–water partition coefficient (Wildman–Crippen LogP) is 1.57. The van der Waals surface area contributed by atoms with Crippen LogP contribution in [0.5, 0.6) is 0 Å². The molecule has 6 heteroatoms. The van der Waals surface area contributed by atoms with Crippen molar-refractivity contribution in [3.63, 3.8) is 0 Å². The lowest BCUT2D eigenvalue weighted by atomic mass is 10.1. The lowest BCUT2D eigenvalue weighted by Gasteiger charge is -2.19. The van der Waals surface area contributed by atoms with E-state index in [9.17, 15) is 4.79 Å². The van der Waals surface area contributed by atoms with E-state index in [-0.39, 0.29) is 18.1 Å². The van der Waals surface area contributed by atoms with Gasteiger partial charge in [0.05, 0.1) is 23.4 Å². The SMILES string of the molecule is Cc1nn(C)c2ncc(C(=O)N[C@@H](C)[C@H]3CCCO3)cc12. The van der Waals surface area contributed by atoms with E-state index in [0.717, 1.165) is 36.2 Å². The van der Waals surface area contributed by atoms with Crippen molar-refractivity contribution in [2.24, 2.45) is 7.05 Å². The number of nitrogens with zero attached hydrogens (tertiary/aromatic N) is 3. The molecule has 21 heavy (non-hydrogen) atoms. The normalized spacial score (nSPS) is 19.9. The number of amides is 1. The first-order valence-corrected chi connectivity index (χ1v) is 7.28. The van der Waals surface area contributed by atoms with Crippen LogP contribution in [0.1, 0.15) is 35.8 Å². The maximum Gasteiger partial charge on any atom is 0.253 e. The van der Waals surface area contributed by atoms with Crippen LogP contribution < -0.4 is 5.32 Å². The third-order valence-electron chi connectivity index (χ3n) is 4.01. The summed E-state index contributed by atoms with van der Waals surface area (Å²) in [5, 5.41) is 8.23. The van der Waals surface area contributed by atoms with Crippen molar-refractivity contribution in [2.75, 3.05) is 6.61 Å². The van der Waals surface area contributed by atoms with Crippen molar-refractivity contribution >= 4 is 16.9 Å². The maximum absolute atomic E-state index is 12.3. The van der Waals surface area contributed by atoms with Crippen molar-refractivity contribution in [3.05, 3.63) is 23.5 Å². The summed E-state index contributed by atoms with van der Waals surface area (Å²) in [6.07, 6.45) is 3.78. The lowest BCUT2D eigenvalue weighted by molar-refractivity contribution is 0.0712. The van der Waals surface area contributed by atoms with Gasteiger partial charge in [-0.05, 0) is 32.8 Å². The highest BCUT2D eigenvalue weighted by atomic mass is 16.5. The van der Waals surface area contributed by atoms with Crippen LogP contribution in [0, 0.1) is 6.92 Å². The summed E-state index contributed by atoms with van der Waals surface area (Å²) in [5.41, 5.74) is 2.22. The second-order valence-corrected chi connectivity index (χ2v) is 5.62. The summed E-state index contributed by atoms with van der Waals surface area (Å²) < 4.78 is 7.32. The molecule has 2 atom stereocenters. The van der Waals surface area contributed by atoms with E-state index >= 15 is 0 Å². The molecule has 0 bridgehead atoms. The zero-order valence-electron chi connectivity index (χ0n) is 12.6. The van der Waals surface area contributed by atoms with Crippen LogP contribution >= 0.6 is 0 Å². The Bertz CT molecular complexity index is 674. The Hall–Kier alpha value is -1.95. The van der Waals surface area contributed by atoms with Crippen LogP contribution in [0.15, 0.2) is 12.3 Å². The molecule has 0 aliphatic carbocycles. The quantitative estimate of drug-likeness (QED) is 0.931. The number of carbonyl (C=O) groups excluding carboxylic acids is 1. The summed E-state index contributed by atoms with van der Waals surface area (Å²) in [4.78, 5) is 16.7. The molecule has 0 aromatic carbocycles. The minimum atomic E-state index is -0.115. The van der Waals surface area contributed by atoms with Crippen molar-refractivity contribution < 1.29 is 9.53 Å². The van der Waals surface area contributed by atoms with Gasteiger partial charge in [-0.3, -0.25) is 9.48 Å². The van der Waals surface area contributed by atoms with Gasteiger partial charge in [-0.1, -0.05) is 0 Å². The molecule has 112 valence electrons. The molecule has 0 radical (unpaired) electrons. The van der Waals surface area contributed by atoms with Crippen LogP contribution in [0.3, 0.4) is 0 Å². The van der Waals surface area contributed by atoms with Crippen molar-refractivity contribution in [2.45, 2.75) is 38.8 Å². The number of rotatable bonds is 3. The molecule has 1 fully saturated rings. The molecule has 1 N–H and O–H groups in total. The van der Waals surface area contributed by atoms with Gasteiger partial charge in [-0.25, -0.2) is 4.98 Å². The topological polar surface area (TPSA) is 69.0 Å². The zero-order chi connectivity index (χ0) is 15.0. The van der Waals surface area contributed by atoms with Crippen LogP contribution in [-0.2, 0) is 11.8 Å². The molecule has 0 spiro atoms. The molecular weight excluding hydrogens is 268 g/mol. The highest BCUT2D eigenvalue weighted by Gasteiger charge is 2.24. The minimum Gasteiger partial charge on any atom is -0.376 e. The van der Waals surface area contributed by atoms with Gasteiger partial charge in [0.2, 0.25) is 0 Å². The fraction of sp³-hybridized carbons (Fsp3) is 0.533. The van der Waals surface area contributed by atoms with E-state index in [4.69, 9.17) is 4.74 Å². The van der Waals surface area contributed by atoms with Gasteiger partial charge in [0.1, 0.15) is 0 Å². The first-order chi connectivity index (χ1) is 10.1. The van der Waals surface area contributed by atoms with E-state index < -0.39 is 0 Å². The largest absolute Gasteiger partial charge is 0.376 e. The van der Waals surface area contributed by atoms with Gasteiger partial charge in [0, 0.05) is 25.2 Å². The number of carbonyl (C=O) groups is 1. The second-order valence-electron chi connectivity index (χ2n) is 5.62. The van der Waals surface area contributed by atoms with Gasteiger partial charge >= 0.3 is 0 Å². The summed E-state index contributed by atoms with van der Waals surface area (Å²) in [6, 6.07) is 1.85. The Morgan fingerprint density at radius 1 is 1.57 bits per heavy atom. The molecule has 0 unspecified atom stereocenters. The highest BCUT2D eigenvalue weighted by molar-refractivity contribution is 5.97. The Labute approximate surface area is 123 Å². The van der Waals surface area contributed by atoms with E-state index in [1.165, 1.54) is 0 Å². The second kappa shape index (κ2) is 5.44. The van der Waals surface area contributed by atoms with E-state index in [1.54, 1.807) is 10.9 Å². The van der Waals surface area contributed by atoms with Gasteiger partial charge in [0.25, 0.3) is 5.91 Å². The molecule has 1 amide bonds. The Kier molecular flexibility index (Phi) is 3.63. The molecule has 3 heterocycles. The molecular formula is C15H20N4O2.